The lowest BCUT2D eigenvalue weighted by Gasteiger charge is -2.15. The molecule has 26 heavy (non-hydrogen) atoms. The first-order valence-electron chi connectivity index (χ1n) is 7.49. The Morgan fingerprint density at radius 2 is 1.69 bits per heavy atom. The van der Waals surface area contributed by atoms with Crippen molar-refractivity contribution in [1.29, 1.82) is 0 Å². The zero-order valence-corrected chi connectivity index (χ0v) is 16.6. The number of rotatable bonds is 5. The molecule has 3 aromatic rings. The number of nitrogens with one attached hydrogen (secondary N) is 1. The summed E-state index contributed by atoms with van der Waals surface area (Å²) in [6.07, 6.45) is 0. The van der Waals surface area contributed by atoms with E-state index in [0.29, 0.717) is 30.9 Å². The second-order valence-corrected chi connectivity index (χ2v) is 7.55. The summed E-state index contributed by atoms with van der Waals surface area (Å²) >= 11 is 19.7. The molecule has 134 valence electrons. The first-order chi connectivity index (χ1) is 12.5. The number of anilines is 2. The molecule has 1 amide bonds. The molecule has 0 spiro atoms. The molecule has 2 aromatic carbocycles. The van der Waals surface area contributed by atoms with Gasteiger partial charge in [0.15, 0.2) is 5.01 Å². The maximum atomic E-state index is 12.3. The minimum Gasteiger partial charge on any atom is -0.340 e. The van der Waals surface area contributed by atoms with E-state index in [4.69, 9.17) is 34.8 Å². The fourth-order valence-corrected chi connectivity index (χ4v) is 3.81. The molecular weight excluding hydrogens is 415 g/mol. The van der Waals surface area contributed by atoms with Crippen molar-refractivity contribution in [3.8, 4) is 10.6 Å². The van der Waals surface area contributed by atoms with E-state index in [9.17, 15) is 4.79 Å². The zero-order chi connectivity index (χ0) is 18.7. The number of amides is 1. The summed E-state index contributed by atoms with van der Waals surface area (Å²) in [6, 6.07) is 12.4. The van der Waals surface area contributed by atoms with Gasteiger partial charge in [-0.15, -0.1) is 10.2 Å². The highest BCUT2D eigenvalue weighted by Crippen LogP contribution is 2.33. The Bertz CT molecular complexity index is 927. The number of likely N-dealkylation sites (N-methyl/N-ethyl adjacent to an activating group) is 1. The van der Waals surface area contributed by atoms with Gasteiger partial charge in [0, 0.05) is 12.6 Å². The summed E-state index contributed by atoms with van der Waals surface area (Å²) in [5.74, 6) is -0.267. The van der Waals surface area contributed by atoms with Crippen LogP contribution in [0, 0.1) is 0 Å². The van der Waals surface area contributed by atoms with Gasteiger partial charge in [-0.2, -0.15) is 0 Å². The van der Waals surface area contributed by atoms with E-state index in [1.807, 2.05) is 18.2 Å². The number of para-hydroxylation sites is 1. The molecule has 0 unspecified atom stereocenters. The van der Waals surface area contributed by atoms with Crippen LogP contribution in [0.2, 0.25) is 15.1 Å². The number of carbonyl (C=O) groups is 1. The third-order valence-corrected chi connectivity index (χ3v) is 5.48. The van der Waals surface area contributed by atoms with Crippen LogP contribution in [0.5, 0.6) is 0 Å². The van der Waals surface area contributed by atoms with Crippen LogP contribution in [0.15, 0.2) is 42.5 Å². The largest absolute Gasteiger partial charge is 0.340 e. The van der Waals surface area contributed by atoms with Gasteiger partial charge in [-0.3, -0.25) is 4.79 Å². The lowest BCUT2D eigenvalue weighted by atomic mass is 10.2. The molecule has 0 radical (unpaired) electrons. The van der Waals surface area contributed by atoms with Crippen molar-refractivity contribution < 1.29 is 4.79 Å². The summed E-state index contributed by atoms with van der Waals surface area (Å²) in [5, 5.41) is 13.7. The van der Waals surface area contributed by atoms with Gasteiger partial charge < -0.3 is 10.2 Å². The van der Waals surface area contributed by atoms with Gasteiger partial charge in [-0.25, -0.2) is 0 Å². The highest BCUT2D eigenvalue weighted by Gasteiger charge is 2.16. The van der Waals surface area contributed by atoms with Crippen LogP contribution >= 0.6 is 46.1 Å². The van der Waals surface area contributed by atoms with E-state index < -0.39 is 0 Å². The van der Waals surface area contributed by atoms with Crippen LogP contribution in [0.4, 0.5) is 10.8 Å². The Labute approximate surface area is 169 Å². The maximum absolute atomic E-state index is 12.3. The van der Waals surface area contributed by atoms with Crippen LogP contribution in [0.1, 0.15) is 0 Å². The van der Waals surface area contributed by atoms with Crippen molar-refractivity contribution in [2.45, 2.75) is 0 Å². The monoisotopic (exact) mass is 426 g/mol. The van der Waals surface area contributed by atoms with Gasteiger partial charge in [-0.1, -0.05) is 70.4 Å². The Kier molecular flexibility index (Phi) is 5.98. The molecule has 1 aromatic heterocycles. The molecule has 0 bridgehead atoms. The van der Waals surface area contributed by atoms with Gasteiger partial charge in [0.25, 0.3) is 0 Å². The van der Waals surface area contributed by atoms with E-state index in [0.717, 1.165) is 5.56 Å². The van der Waals surface area contributed by atoms with Crippen molar-refractivity contribution in [3.05, 3.63) is 57.5 Å². The molecule has 3 rings (SSSR count). The van der Waals surface area contributed by atoms with E-state index >= 15 is 0 Å². The molecule has 0 atom stereocenters. The Morgan fingerprint density at radius 1 is 1.04 bits per heavy atom. The predicted molar refractivity (Wildman–Crippen MR) is 109 cm³/mol. The molecule has 5 nitrogen and oxygen atoms in total. The average Bonchev–Trinajstić information content (AvgIpc) is 3.09. The van der Waals surface area contributed by atoms with Crippen LogP contribution in [0.3, 0.4) is 0 Å². The SMILES string of the molecule is CN(CC(=O)Nc1c(Cl)cccc1Cl)c1nnc(-c2ccccc2Cl)s1. The van der Waals surface area contributed by atoms with E-state index in [1.54, 1.807) is 36.2 Å². The van der Waals surface area contributed by atoms with Crippen LogP contribution < -0.4 is 10.2 Å². The van der Waals surface area contributed by atoms with Crippen molar-refractivity contribution in [2.75, 3.05) is 23.8 Å². The highest BCUT2D eigenvalue weighted by atomic mass is 35.5. The highest BCUT2D eigenvalue weighted by molar-refractivity contribution is 7.18. The lowest BCUT2D eigenvalue weighted by Crippen LogP contribution is -2.30. The second kappa shape index (κ2) is 8.22. The first-order valence-corrected chi connectivity index (χ1v) is 9.44. The van der Waals surface area contributed by atoms with Gasteiger partial charge in [-0.05, 0) is 18.2 Å². The smallest absolute Gasteiger partial charge is 0.244 e. The number of halogens is 3. The van der Waals surface area contributed by atoms with E-state index in [2.05, 4.69) is 15.5 Å². The normalized spacial score (nSPS) is 10.6. The molecule has 0 aliphatic carbocycles. The first kappa shape index (κ1) is 18.9. The standard InChI is InChI=1S/C17H13Cl3N4OS/c1-24(9-14(25)21-15-12(19)7-4-8-13(15)20)17-23-22-16(26-17)10-5-2-3-6-11(10)18/h2-8H,9H2,1H3,(H,21,25). The average molecular weight is 428 g/mol. The van der Waals surface area contributed by atoms with E-state index in [1.165, 1.54) is 11.3 Å². The van der Waals surface area contributed by atoms with Crippen molar-refractivity contribution in [3.63, 3.8) is 0 Å². The number of benzene rings is 2. The van der Waals surface area contributed by atoms with Gasteiger partial charge >= 0.3 is 0 Å². The number of aromatic nitrogens is 2. The lowest BCUT2D eigenvalue weighted by molar-refractivity contribution is -0.114. The number of nitrogens with zero attached hydrogens (tertiary/aromatic N) is 3. The van der Waals surface area contributed by atoms with Gasteiger partial charge in [0.05, 0.1) is 27.3 Å². The molecule has 0 saturated heterocycles. The number of carbonyl (C=O) groups excluding carboxylic acids is 1. The van der Waals surface area contributed by atoms with Gasteiger partial charge in [0.1, 0.15) is 0 Å². The third-order valence-electron chi connectivity index (χ3n) is 3.45. The molecule has 0 aliphatic heterocycles. The molecular formula is C17H13Cl3N4OS. The molecule has 1 heterocycles. The Morgan fingerprint density at radius 3 is 2.38 bits per heavy atom. The third kappa shape index (κ3) is 4.27. The van der Waals surface area contributed by atoms with Gasteiger partial charge in [0.2, 0.25) is 11.0 Å². The summed E-state index contributed by atoms with van der Waals surface area (Å²) in [6.45, 7) is 0.0682. The topological polar surface area (TPSA) is 58.1 Å². The summed E-state index contributed by atoms with van der Waals surface area (Å²) < 4.78 is 0. The fraction of sp³-hybridized carbons (Fsp3) is 0.118. The van der Waals surface area contributed by atoms with Crippen LogP contribution in [-0.4, -0.2) is 29.7 Å². The Hall–Kier alpha value is -1.86. The molecule has 1 N–H and O–H groups in total. The fourth-order valence-electron chi connectivity index (χ4n) is 2.19. The zero-order valence-electron chi connectivity index (χ0n) is 13.5. The molecule has 0 aliphatic rings. The Balaban J connectivity index is 1.70. The van der Waals surface area contributed by atoms with Crippen LogP contribution in [0.25, 0.3) is 10.6 Å². The quantitative estimate of drug-likeness (QED) is 0.605. The van der Waals surface area contributed by atoms with E-state index in [-0.39, 0.29) is 12.5 Å². The number of hydrogen-bond acceptors (Lipinski definition) is 5. The predicted octanol–water partition coefficient (Wildman–Crippen LogP) is 5.24. The molecule has 9 heteroatoms. The van der Waals surface area contributed by atoms with Crippen LogP contribution in [-0.2, 0) is 4.79 Å². The van der Waals surface area contributed by atoms with Crippen molar-refractivity contribution >= 4 is 62.9 Å². The number of hydrogen-bond donors (Lipinski definition) is 1. The summed E-state index contributed by atoms with van der Waals surface area (Å²) in [4.78, 5) is 14.0. The summed E-state index contributed by atoms with van der Waals surface area (Å²) in [5.41, 5.74) is 1.20. The molecule has 0 saturated carbocycles. The summed E-state index contributed by atoms with van der Waals surface area (Å²) in [7, 11) is 1.75. The minimum absolute atomic E-state index is 0.0682. The van der Waals surface area contributed by atoms with Crippen molar-refractivity contribution in [2.24, 2.45) is 0 Å². The van der Waals surface area contributed by atoms with Crippen molar-refractivity contribution in [1.82, 2.24) is 10.2 Å². The maximum Gasteiger partial charge on any atom is 0.244 e. The minimum atomic E-state index is -0.267. The molecule has 0 fully saturated rings. The second-order valence-electron chi connectivity index (χ2n) is 5.37.